The Hall–Kier alpha value is -1.29. The third-order valence-corrected chi connectivity index (χ3v) is 9.85. The molecule has 0 radical (unpaired) electrons. The largest absolute Gasteiger partial charge is 0.302 e. The van der Waals surface area contributed by atoms with Crippen molar-refractivity contribution in [1.82, 2.24) is 9.29 Å². The molecule has 1 aliphatic carbocycles. The van der Waals surface area contributed by atoms with Crippen molar-refractivity contribution in [3.05, 3.63) is 27.6 Å². The molecule has 1 N–H and O–H groups in total. The van der Waals surface area contributed by atoms with Gasteiger partial charge in [-0.3, -0.25) is 4.79 Å². The van der Waals surface area contributed by atoms with E-state index in [2.05, 4.69) is 17.2 Å². The number of nitrogens with one attached hydrogen (secondary N) is 1. The van der Waals surface area contributed by atoms with Gasteiger partial charge >= 0.3 is 0 Å². The minimum Gasteiger partial charge on any atom is -0.302 e. The summed E-state index contributed by atoms with van der Waals surface area (Å²) in [6.07, 6.45) is 4.52. The summed E-state index contributed by atoms with van der Waals surface area (Å²) in [7, 11) is -3.53. The second kappa shape index (κ2) is 7.85. The molecular formula is C19H25N3O3S3. The van der Waals surface area contributed by atoms with Crippen LogP contribution >= 0.6 is 22.7 Å². The van der Waals surface area contributed by atoms with Gasteiger partial charge in [0.25, 0.3) is 10.0 Å². The van der Waals surface area contributed by atoms with Gasteiger partial charge in [-0.15, -0.1) is 22.7 Å². The highest BCUT2D eigenvalue weighted by molar-refractivity contribution is 7.91. The van der Waals surface area contributed by atoms with Gasteiger partial charge in [0.05, 0.1) is 11.6 Å². The highest BCUT2D eigenvalue weighted by Gasteiger charge is 2.34. The quantitative estimate of drug-likeness (QED) is 0.788. The van der Waals surface area contributed by atoms with E-state index in [9.17, 15) is 13.2 Å². The van der Waals surface area contributed by atoms with Gasteiger partial charge in [-0.2, -0.15) is 4.31 Å². The molecular weight excluding hydrogens is 414 g/mol. The van der Waals surface area contributed by atoms with Gasteiger partial charge in [0.15, 0.2) is 5.13 Å². The number of thiazole rings is 1. The van der Waals surface area contributed by atoms with Crippen molar-refractivity contribution in [2.45, 2.75) is 50.2 Å². The number of amides is 1. The van der Waals surface area contributed by atoms with Crippen molar-refractivity contribution in [3.63, 3.8) is 0 Å². The first-order valence-electron chi connectivity index (χ1n) is 9.69. The lowest BCUT2D eigenvalue weighted by atomic mass is 9.93. The Labute approximate surface area is 174 Å². The summed E-state index contributed by atoms with van der Waals surface area (Å²) in [6.45, 7) is 4.83. The van der Waals surface area contributed by atoms with Gasteiger partial charge < -0.3 is 5.32 Å². The zero-order valence-electron chi connectivity index (χ0n) is 16.1. The van der Waals surface area contributed by atoms with Crippen LogP contribution in [0.1, 0.15) is 41.6 Å². The summed E-state index contributed by atoms with van der Waals surface area (Å²) in [5, 5.41) is 3.60. The number of sulfonamides is 1. The number of thiophene rings is 1. The van der Waals surface area contributed by atoms with E-state index in [-0.39, 0.29) is 18.4 Å². The average molecular weight is 440 g/mol. The number of nitrogens with zero attached hydrogens (tertiary/aromatic N) is 2. The van der Waals surface area contributed by atoms with Crippen LogP contribution in [0.15, 0.2) is 16.3 Å². The van der Waals surface area contributed by atoms with Crippen molar-refractivity contribution >= 4 is 43.7 Å². The number of hydrogen-bond acceptors (Lipinski definition) is 6. The van der Waals surface area contributed by atoms with Gasteiger partial charge in [-0.25, -0.2) is 13.4 Å². The molecule has 2 aromatic heterocycles. The fourth-order valence-corrected chi connectivity index (χ4v) is 7.99. The fraction of sp³-hybridized carbons (Fsp3) is 0.579. The molecule has 0 spiro atoms. The maximum Gasteiger partial charge on any atom is 0.252 e. The normalized spacial score (nSPS) is 23.4. The van der Waals surface area contributed by atoms with Gasteiger partial charge in [0, 0.05) is 22.8 Å². The number of anilines is 1. The lowest BCUT2D eigenvalue weighted by Crippen LogP contribution is -2.43. The van der Waals surface area contributed by atoms with E-state index in [1.54, 1.807) is 17.4 Å². The van der Waals surface area contributed by atoms with Crippen molar-refractivity contribution in [3.8, 4) is 0 Å². The standard InChI is InChI=1S/C19H25N3O3S3/c1-12-5-7-15-16(10-12)27-19(20-15)21-18(23)14-4-3-9-22(11-14)28(24,25)17-8-6-13(2)26-17/h6,8,12,14H,3-5,7,9-11H2,1-2H3,(H,20,21,23)/t12-,14-/m0/s1. The summed E-state index contributed by atoms with van der Waals surface area (Å²) in [5.74, 6) is 0.195. The number of rotatable bonds is 4. The third-order valence-electron chi connectivity index (χ3n) is 5.48. The SMILES string of the molecule is Cc1ccc(S(=O)(=O)N2CCC[C@H](C(=O)Nc3nc4c(s3)C[C@@H](C)CC4)C2)s1. The minimum atomic E-state index is -3.53. The number of fused-ring (bicyclic) bond motifs is 1. The summed E-state index contributed by atoms with van der Waals surface area (Å²) in [5.41, 5.74) is 1.11. The lowest BCUT2D eigenvalue weighted by molar-refractivity contribution is -0.120. The van der Waals surface area contributed by atoms with Crippen LogP contribution in [0.25, 0.3) is 0 Å². The Morgan fingerprint density at radius 1 is 1.29 bits per heavy atom. The molecule has 2 aromatic rings. The molecule has 1 fully saturated rings. The van der Waals surface area contributed by atoms with Crippen LogP contribution in [0.4, 0.5) is 5.13 Å². The second-order valence-corrected chi connectivity index (χ2v) is 12.3. The molecule has 0 unspecified atom stereocenters. The summed E-state index contributed by atoms with van der Waals surface area (Å²) >= 11 is 2.84. The predicted octanol–water partition coefficient (Wildman–Crippen LogP) is 3.68. The second-order valence-electron chi connectivity index (χ2n) is 7.79. The number of hydrogen-bond donors (Lipinski definition) is 1. The molecule has 0 saturated carbocycles. The molecule has 28 heavy (non-hydrogen) atoms. The zero-order valence-corrected chi connectivity index (χ0v) is 18.6. The van der Waals surface area contributed by atoms with Gasteiger partial charge in [0.1, 0.15) is 4.21 Å². The Kier molecular flexibility index (Phi) is 5.61. The zero-order chi connectivity index (χ0) is 19.9. The van der Waals surface area contributed by atoms with Crippen molar-refractivity contribution in [2.75, 3.05) is 18.4 Å². The summed E-state index contributed by atoms with van der Waals surface area (Å²) in [6, 6.07) is 3.47. The van der Waals surface area contributed by atoms with Crippen LogP contribution in [0.2, 0.25) is 0 Å². The lowest BCUT2D eigenvalue weighted by Gasteiger charge is -2.30. The first-order valence-corrected chi connectivity index (χ1v) is 12.8. The maximum absolute atomic E-state index is 12.9. The average Bonchev–Trinajstić information content (AvgIpc) is 3.27. The van der Waals surface area contributed by atoms with E-state index in [0.29, 0.717) is 34.6 Å². The van der Waals surface area contributed by atoms with Crippen molar-refractivity contribution in [2.24, 2.45) is 11.8 Å². The van der Waals surface area contributed by atoms with E-state index in [0.717, 1.165) is 29.8 Å². The molecule has 9 heteroatoms. The maximum atomic E-state index is 12.9. The Balaban J connectivity index is 1.44. The van der Waals surface area contributed by atoms with Crippen LogP contribution in [0.5, 0.6) is 0 Å². The molecule has 1 amide bonds. The molecule has 3 heterocycles. The van der Waals surface area contributed by atoms with Crippen molar-refractivity contribution < 1.29 is 13.2 Å². The minimum absolute atomic E-state index is 0.124. The first-order chi connectivity index (χ1) is 13.3. The molecule has 4 rings (SSSR count). The van der Waals surface area contributed by atoms with Crippen molar-refractivity contribution in [1.29, 1.82) is 0 Å². The Morgan fingerprint density at radius 2 is 2.11 bits per heavy atom. The molecule has 2 atom stereocenters. The molecule has 2 aliphatic rings. The van der Waals surface area contributed by atoms with Gasteiger partial charge in [-0.05, 0) is 57.1 Å². The highest BCUT2D eigenvalue weighted by atomic mass is 32.2. The molecule has 1 aliphatic heterocycles. The molecule has 152 valence electrons. The first kappa shape index (κ1) is 20.0. The predicted molar refractivity (Wildman–Crippen MR) is 112 cm³/mol. The van der Waals surface area contributed by atoms with Crippen LogP contribution in [0.3, 0.4) is 0 Å². The van der Waals surface area contributed by atoms with E-state index in [1.165, 1.54) is 20.5 Å². The Bertz CT molecular complexity index is 980. The molecule has 0 bridgehead atoms. The number of carbonyl (C=O) groups is 1. The van der Waals surface area contributed by atoms with Crippen LogP contribution in [-0.4, -0.2) is 36.7 Å². The van der Waals surface area contributed by atoms with E-state index >= 15 is 0 Å². The van der Waals surface area contributed by atoms with Crippen LogP contribution in [0, 0.1) is 18.8 Å². The van der Waals surface area contributed by atoms with E-state index in [4.69, 9.17) is 0 Å². The van der Waals surface area contributed by atoms with Crippen LogP contribution in [-0.2, 0) is 27.7 Å². The molecule has 6 nitrogen and oxygen atoms in total. The topological polar surface area (TPSA) is 79.4 Å². The summed E-state index contributed by atoms with van der Waals surface area (Å²) < 4.78 is 27.6. The number of aryl methyl sites for hydroxylation is 2. The molecule has 0 aromatic carbocycles. The fourth-order valence-electron chi connectivity index (χ4n) is 3.85. The Morgan fingerprint density at radius 3 is 2.86 bits per heavy atom. The monoisotopic (exact) mass is 439 g/mol. The van der Waals surface area contributed by atoms with E-state index in [1.807, 2.05) is 13.0 Å². The third kappa shape index (κ3) is 4.03. The van der Waals surface area contributed by atoms with Gasteiger partial charge in [-0.1, -0.05) is 6.92 Å². The smallest absolute Gasteiger partial charge is 0.252 e. The van der Waals surface area contributed by atoms with Gasteiger partial charge in [0.2, 0.25) is 5.91 Å². The molecule has 1 saturated heterocycles. The number of piperidine rings is 1. The van der Waals surface area contributed by atoms with Crippen LogP contribution < -0.4 is 5.32 Å². The number of aromatic nitrogens is 1. The summed E-state index contributed by atoms with van der Waals surface area (Å²) in [4.78, 5) is 19.6. The highest BCUT2D eigenvalue weighted by Crippen LogP contribution is 2.33. The van der Waals surface area contributed by atoms with E-state index < -0.39 is 10.0 Å². The number of carbonyl (C=O) groups excluding carboxylic acids is 1.